The summed E-state index contributed by atoms with van der Waals surface area (Å²) in [6, 6.07) is 3.34. The van der Waals surface area contributed by atoms with Crippen molar-refractivity contribution in [1.82, 2.24) is 0 Å². The summed E-state index contributed by atoms with van der Waals surface area (Å²) in [5.41, 5.74) is 5.29. The van der Waals surface area contributed by atoms with Crippen molar-refractivity contribution in [3.63, 3.8) is 0 Å². The molecule has 4 nitrogen and oxygen atoms in total. The minimum atomic E-state index is 0.0296. The summed E-state index contributed by atoms with van der Waals surface area (Å²) in [4.78, 5) is 0. The molecular weight excluding hydrogens is 250 g/mol. The lowest BCUT2D eigenvalue weighted by Gasteiger charge is -2.10. The van der Waals surface area contributed by atoms with E-state index < -0.39 is 0 Å². The van der Waals surface area contributed by atoms with Crippen LogP contribution >= 0.6 is 15.9 Å². The first-order valence-corrected chi connectivity index (χ1v) is 4.88. The molecule has 1 aromatic carbocycles. The Morgan fingerprint density at radius 2 is 2.07 bits per heavy atom. The maximum absolute atomic E-state index is 9.59. The second-order valence-corrected chi connectivity index (χ2v) is 3.36. The number of aromatic hydroxyl groups is 1. The number of rotatable bonds is 4. The minimum absolute atomic E-state index is 0.0296. The highest BCUT2D eigenvalue weighted by molar-refractivity contribution is 9.10. The van der Waals surface area contributed by atoms with Gasteiger partial charge < -0.3 is 20.3 Å². The number of nitrogens with two attached hydrogens (primary N) is 1. The molecule has 14 heavy (non-hydrogen) atoms. The van der Waals surface area contributed by atoms with Crippen LogP contribution in [0.25, 0.3) is 0 Å². The Labute approximate surface area is 90.8 Å². The lowest BCUT2D eigenvalue weighted by molar-refractivity contribution is 0.319. The molecule has 0 heterocycles. The molecule has 0 bridgehead atoms. The predicted molar refractivity (Wildman–Crippen MR) is 56.9 cm³/mol. The molecule has 0 aliphatic heterocycles. The molecule has 5 heteroatoms. The molecule has 0 saturated carbocycles. The number of hydrogen-bond acceptors (Lipinski definition) is 4. The van der Waals surface area contributed by atoms with E-state index >= 15 is 0 Å². The third kappa shape index (κ3) is 2.30. The van der Waals surface area contributed by atoms with Gasteiger partial charge in [-0.1, -0.05) is 0 Å². The molecule has 0 radical (unpaired) electrons. The quantitative estimate of drug-likeness (QED) is 0.863. The van der Waals surface area contributed by atoms with Crippen LogP contribution in [-0.2, 0) is 0 Å². The molecule has 0 spiro atoms. The molecule has 0 atom stereocenters. The fourth-order valence-corrected chi connectivity index (χ4v) is 1.42. The lowest BCUT2D eigenvalue weighted by atomic mass is 10.3. The number of methoxy groups -OCH3 is 1. The van der Waals surface area contributed by atoms with Gasteiger partial charge in [0.05, 0.1) is 7.11 Å². The highest BCUT2D eigenvalue weighted by atomic mass is 79.9. The van der Waals surface area contributed by atoms with Crippen LogP contribution in [0.5, 0.6) is 17.2 Å². The van der Waals surface area contributed by atoms with Crippen LogP contribution in [0.4, 0.5) is 0 Å². The summed E-state index contributed by atoms with van der Waals surface area (Å²) >= 11 is 3.21. The van der Waals surface area contributed by atoms with Crippen molar-refractivity contribution in [2.45, 2.75) is 0 Å². The van der Waals surface area contributed by atoms with Crippen molar-refractivity contribution in [2.24, 2.45) is 5.73 Å². The van der Waals surface area contributed by atoms with Crippen LogP contribution < -0.4 is 15.2 Å². The second-order valence-electron chi connectivity index (χ2n) is 2.57. The SMILES string of the molecule is COc1ccc(OCCN)c(Br)c1O. The summed E-state index contributed by atoms with van der Waals surface area (Å²) in [7, 11) is 1.49. The average molecular weight is 262 g/mol. The third-order valence-corrected chi connectivity index (χ3v) is 2.41. The van der Waals surface area contributed by atoms with Gasteiger partial charge in [0.15, 0.2) is 11.5 Å². The van der Waals surface area contributed by atoms with Crippen molar-refractivity contribution in [2.75, 3.05) is 20.3 Å². The van der Waals surface area contributed by atoms with Crippen LogP contribution in [0.3, 0.4) is 0 Å². The van der Waals surface area contributed by atoms with Crippen LogP contribution in [0.2, 0.25) is 0 Å². The molecule has 0 fully saturated rings. The molecular formula is C9H12BrNO3. The van der Waals surface area contributed by atoms with Crippen LogP contribution in [-0.4, -0.2) is 25.4 Å². The van der Waals surface area contributed by atoms with E-state index in [-0.39, 0.29) is 5.75 Å². The van der Waals surface area contributed by atoms with Gasteiger partial charge in [0.25, 0.3) is 0 Å². The van der Waals surface area contributed by atoms with Crippen LogP contribution in [0, 0.1) is 0 Å². The first kappa shape index (κ1) is 11.1. The number of halogens is 1. The van der Waals surface area contributed by atoms with E-state index in [4.69, 9.17) is 15.2 Å². The molecule has 1 aromatic rings. The largest absolute Gasteiger partial charge is 0.503 e. The smallest absolute Gasteiger partial charge is 0.176 e. The van der Waals surface area contributed by atoms with Gasteiger partial charge in [0.1, 0.15) is 16.8 Å². The summed E-state index contributed by atoms with van der Waals surface area (Å²) < 4.78 is 10.7. The van der Waals surface area contributed by atoms with E-state index in [2.05, 4.69) is 15.9 Å². The molecule has 0 unspecified atom stereocenters. The highest BCUT2D eigenvalue weighted by Gasteiger charge is 2.11. The van der Waals surface area contributed by atoms with Crippen LogP contribution in [0.1, 0.15) is 0 Å². The Morgan fingerprint density at radius 1 is 1.43 bits per heavy atom. The molecule has 3 N–H and O–H groups in total. The second kappa shape index (κ2) is 5.07. The molecule has 78 valence electrons. The van der Waals surface area contributed by atoms with Gasteiger partial charge in [0, 0.05) is 6.54 Å². The van der Waals surface area contributed by atoms with E-state index in [0.29, 0.717) is 29.1 Å². The monoisotopic (exact) mass is 261 g/mol. The van der Waals surface area contributed by atoms with Crippen molar-refractivity contribution < 1.29 is 14.6 Å². The van der Waals surface area contributed by atoms with Gasteiger partial charge in [-0.2, -0.15) is 0 Å². The van der Waals surface area contributed by atoms with Gasteiger partial charge in [-0.25, -0.2) is 0 Å². The normalized spacial score (nSPS) is 9.93. The molecule has 0 saturated heterocycles. The van der Waals surface area contributed by atoms with Crippen molar-refractivity contribution in [3.05, 3.63) is 16.6 Å². The maximum Gasteiger partial charge on any atom is 0.176 e. The summed E-state index contributed by atoms with van der Waals surface area (Å²) in [5, 5.41) is 9.59. The standard InChI is InChI=1S/C9H12BrNO3/c1-13-7-3-2-6(14-5-4-11)8(10)9(7)12/h2-3,12H,4-5,11H2,1H3. The minimum Gasteiger partial charge on any atom is -0.503 e. The first-order chi connectivity index (χ1) is 6.70. The Morgan fingerprint density at radius 3 is 2.64 bits per heavy atom. The zero-order valence-electron chi connectivity index (χ0n) is 7.79. The lowest BCUT2D eigenvalue weighted by Crippen LogP contribution is -2.10. The van der Waals surface area contributed by atoms with Gasteiger partial charge >= 0.3 is 0 Å². The number of benzene rings is 1. The average Bonchev–Trinajstić information content (AvgIpc) is 2.20. The predicted octanol–water partition coefficient (Wildman–Crippen LogP) is 1.50. The summed E-state index contributed by atoms with van der Waals surface area (Å²) in [6.07, 6.45) is 0. The van der Waals surface area contributed by atoms with E-state index in [1.54, 1.807) is 12.1 Å². The zero-order valence-corrected chi connectivity index (χ0v) is 9.37. The Balaban J connectivity index is 2.92. The molecule has 0 aliphatic carbocycles. The Kier molecular flexibility index (Phi) is 4.03. The fraction of sp³-hybridized carbons (Fsp3) is 0.333. The third-order valence-electron chi connectivity index (χ3n) is 1.64. The number of hydrogen-bond donors (Lipinski definition) is 2. The van der Waals surface area contributed by atoms with Crippen LogP contribution in [0.15, 0.2) is 16.6 Å². The topological polar surface area (TPSA) is 64.7 Å². The van der Waals surface area contributed by atoms with E-state index in [1.165, 1.54) is 7.11 Å². The van der Waals surface area contributed by atoms with E-state index in [0.717, 1.165) is 0 Å². The van der Waals surface area contributed by atoms with Crippen molar-refractivity contribution in [3.8, 4) is 17.2 Å². The number of phenols is 1. The first-order valence-electron chi connectivity index (χ1n) is 4.09. The maximum atomic E-state index is 9.59. The highest BCUT2D eigenvalue weighted by Crippen LogP contribution is 2.40. The van der Waals surface area contributed by atoms with Gasteiger partial charge in [-0.3, -0.25) is 0 Å². The van der Waals surface area contributed by atoms with Gasteiger partial charge in [-0.05, 0) is 28.1 Å². The Hall–Kier alpha value is -0.940. The van der Waals surface area contributed by atoms with Crippen molar-refractivity contribution >= 4 is 15.9 Å². The van der Waals surface area contributed by atoms with Gasteiger partial charge in [-0.15, -0.1) is 0 Å². The van der Waals surface area contributed by atoms with E-state index in [9.17, 15) is 5.11 Å². The van der Waals surface area contributed by atoms with Crippen molar-refractivity contribution in [1.29, 1.82) is 0 Å². The summed E-state index contributed by atoms with van der Waals surface area (Å²) in [5.74, 6) is 0.979. The van der Waals surface area contributed by atoms with E-state index in [1.807, 2.05) is 0 Å². The van der Waals surface area contributed by atoms with Gasteiger partial charge in [0.2, 0.25) is 0 Å². The summed E-state index contributed by atoms with van der Waals surface area (Å²) in [6.45, 7) is 0.837. The fourth-order valence-electron chi connectivity index (χ4n) is 0.973. The zero-order chi connectivity index (χ0) is 10.6. The molecule has 0 aliphatic rings. The molecule has 0 aromatic heterocycles. The number of ether oxygens (including phenoxy) is 2. The molecule has 1 rings (SSSR count). The Bertz CT molecular complexity index is 317. The molecule has 0 amide bonds. The number of phenolic OH excluding ortho intramolecular Hbond substituents is 1.